The third kappa shape index (κ3) is 2.66. The highest BCUT2D eigenvalue weighted by molar-refractivity contribution is 7.99. The summed E-state index contributed by atoms with van der Waals surface area (Å²) >= 11 is 1.26. The number of nitrogens with one attached hydrogen (secondary N) is 1. The van der Waals surface area contributed by atoms with Crippen LogP contribution in [-0.2, 0) is 0 Å². The minimum absolute atomic E-state index is 0.220. The topological polar surface area (TPSA) is 106 Å². The molecule has 0 spiro atoms. The number of rotatable bonds is 3. The van der Waals surface area contributed by atoms with Gasteiger partial charge in [-0.25, -0.2) is 8.91 Å². The van der Waals surface area contributed by atoms with Gasteiger partial charge in [0.1, 0.15) is 23.6 Å². The molecule has 0 radical (unpaired) electrons. The van der Waals surface area contributed by atoms with Crippen molar-refractivity contribution in [2.45, 2.75) is 9.79 Å². The molecule has 0 aliphatic carbocycles. The van der Waals surface area contributed by atoms with Crippen LogP contribution in [0.2, 0.25) is 0 Å². The van der Waals surface area contributed by atoms with Crippen LogP contribution in [0.4, 0.5) is 4.39 Å². The highest BCUT2D eigenvalue weighted by atomic mass is 32.2. The Kier molecular flexibility index (Phi) is 3.84. The van der Waals surface area contributed by atoms with Crippen molar-refractivity contribution < 1.29 is 4.39 Å². The van der Waals surface area contributed by atoms with E-state index in [1.165, 1.54) is 30.1 Å². The van der Waals surface area contributed by atoms with Crippen molar-refractivity contribution in [1.29, 1.82) is 10.5 Å². The fourth-order valence-electron chi connectivity index (χ4n) is 2.52. The summed E-state index contributed by atoms with van der Waals surface area (Å²) in [6, 6.07) is 9.96. The predicted molar refractivity (Wildman–Crippen MR) is 90.5 cm³/mol. The van der Waals surface area contributed by atoms with Gasteiger partial charge < -0.3 is 0 Å². The van der Waals surface area contributed by atoms with Crippen molar-refractivity contribution in [2.24, 2.45) is 0 Å². The summed E-state index contributed by atoms with van der Waals surface area (Å²) in [5, 5.41) is 33.3. The van der Waals surface area contributed by atoms with Crippen LogP contribution >= 0.6 is 11.8 Å². The molecule has 26 heavy (non-hydrogen) atoms. The van der Waals surface area contributed by atoms with Crippen molar-refractivity contribution >= 4 is 17.3 Å². The largest absolute Gasteiger partial charge is 0.238 e. The van der Waals surface area contributed by atoms with Gasteiger partial charge in [-0.2, -0.15) is 31.0 Å². The first kappa shape index (κ1) is 15.8. The second-order valence-electron chi connectivity index (χ2n) is 5.27. The minimum atomic E-state index is -0.477. The molecule has 1 aromatic carbocycles. The van der Waals surface area contributed by atoms with Gasteiger partial charge in [-0.05, 0) is 24.3 Å². The lowest BCUT2D eigenvalue weighted by Crippen LogP contribution is -1.93. The first-order chi connectivity index (χ1) is 12.7. The summed E-state index contributed by atoms with van der Waals surface area (Å²) < 4.78 is 15.0. The van der Waals surface area contributed by atoms with Gasteiger partial charge in [-0.1, -0.05) is 11.8 Å². The van der Waals surface area contributed by atoms with Gasteiger partial charge in [0.05, 0.1) is 29.0 Å². The molecule has 0 saturated carbocycles. The molecule has 0 amide bonds. The van der Waals surface area contributed by atoms with Crippen molar-refractivity contribution in [1.82, 2.24) is 25.0 Å². The van der Waals surface area contributed by atoms with E-state index >= 15 is 0 Å². The molecule has 3 aromatic heterocycles. The molecule has 124 valence electrons. The van der Waals surface area contributed by atoms with Gasteiger partial charge in [0.2, 0.25) is 0 Å². The summed E-state index contributed by atoms with van der Waals surface area (Å²) in [6.45, 7) is 0. The summed E-state index contributed by atoms with van der Waals surface area (Å²) in [7, 11) is 0. The second-order valence-corrected chi connectivity index (χ2v) is 6.35. The highest BCUT2D eigenvalue weighted by Crippen LogP contribution is 2.36. The summed E-state index contributed by atoms with van der Waals surface area (Å²) in [5.74, 6) is -0.477. The van der Waals surface area contributed by atoms with E-state index in [9.17, 15) is 14.9 Å². The number of fused-ring (bicyclic) bond motifs is 1. The number of aromatic nitrogens is 5. The predicted octanol–water partition coefficient (Wildman–Crippen LogP) is 3.15. The first-order valence-electron chi connectivity index (χ1n) is 7.34. The molecule has 4 aromatic rings. The number of benzene rings is 1. The number of pyridine rings is 1. The first-order valence-corrected chi connectivity index (χ1v) is 8.16. The van der Waals surface area contributed by atoms with Crippen molar-refractivity contribution in [3.63, 3.8) is 0 Å². The second kappa shape index (κ2) is 6.31. The Bertz CT molecular complexity index is 1200. The highest BCUT2D eigenvalue weighted by Gasteiger charge is 2.16. The number of nitriles is 2. The van der Waals surface area contributed by atoms with Crippen molar-refractivity contribution in [3.8, 4) is 23.4 Å². The quantitative estimate of drug-likeness (QED) is 0.601. The molecule has 0 fully saturated rings. The lowest BCUT2D eigenvalue weighted by atomic mass is 10.2. The maximum Gasteiger partial charge on any atom is 0.124 e. The van der Waals surface area contributed by atoms with E-state index in [-0.39, 0.29) is 5.56 Å². The fourth-order valence-corrected chi connectivity index (χ4v) is 3.60. The molecule has 3 heterocycles. The monoisotopic (exact) mass is 361 g/mol. The van der Waals surface area contributed by atoms with Crippen LogP contribution in [0.3, 0.4) is 0 Å². The SMILES string of the molecule is N#Cc1cc(F)ccc1Sc1cc(-c2cn[nH]n2)cn2ncc(C#N)c12. The number of H-pyrrole nitrogens is 1. The molecule has 1 N–H and O–H groups in total. The maximum atomic E-state index is 13.4. The van der Waals surface area contributed by atoms with E-state index in [0.717, 1.165) is 5.56 Å². The molecule has 7 nitrogen and oxygen atoms in total. The van der Waals surface area contributed by atoms with Crippen LogP contribution in [0.5, 0.6) is 0 Å². The Hall–Kier alpha value is -3.69. The normalized spacial score (nSPS) is 10.6. The Morgan fingerprint density at radius 3 is 2.65 bits per heavy atom. The van der Waals surface area contributed by atoms with Gasteiger partial charge in [-0.3, -0.25) is 0 Å². The molecule has 4 rings (SSSR count). The Labute approximate surface area is 150 Å². The van der Waals surface area contributed by atoms with Crippen LogP contribution in [0, 0.1) is 28.5 Å². The van der Waals surface area contributed by atoms with Gasteiger partial charge >= 0.3 is 0 Å². The smallest absolute Gasteiger partial charge is 0.124 e. The number of aromatic amines is 1. The average molecular weight is 361 g/mol. The van der Waals surface area contributed by atoms with Crippen molar-refractivity contribution in [3.05, 3.63) is 59.8 Å². The van der Waals surface area contributed by atoms with Crippen LogP contribution in [0.1, 0.15) is 11.1 Å². The number of halogens is 1. The summed E-state index contributed by atoms with van der Waals surface area (Å²) in [6.07, 6.45) is 4.79. The zero-order chi connectivity index (χ0) is 18.1. The molecular weight excluding hydrogens is 353 g/mol. The molecule has 0 aliphatic rings. The number of nitrogens with zero attached hydrogens (tertiary/aromatic N) is 6. The lowest BCUT2D eigenvalue weighted by Gasteiger charge is -2.08. The molecule has 0 atom stereocenters. The van der Waals surface area contributed by atoms with E-state index in [2.05, 4.69) is 26.6 Å². The van der Waals surface area contributed by atoms with Gasteiger partial charge in [-0.15, -0.1) is 0 Å². The summed E-state index contributed by atoms with van der Waals surface area (Å²) in [4.78, 5) is 1.28. The van der Waals surface area contributed by atoms with Crippen LogP contribution in [0.15, 0.2) is 52.6 Å². The zero-order valence-corrected chi connectivity index (χ0v) is 13.8. The third-order valence-electron chi connectivity index (χ3n) is 3.69. The average Bonchev–Trinajstić information content (AvgIpc) is 3.32. The van der Waals surface area contributed by atoms with Crippen LogP contribution in [-0.4, -0.2) is 25.0 Å². The third-order valence-corrected chi connectivity index (χ3v) is 4.80. The molecule has 0 aliphatic heterocycles. The molecule has 0 saturated heterocycles. The Morgan fingerprint density at radius 2 is 1.92 bits per heavy atom. The molecule has 9 heteroatoms. The number of hydrogen-bond donors (Lipinski definition) is 1. The van der Waals surface area contributed by atoms with Gasteiger partial charge in [0.25, 0.3) is 0 Å². The van der Waals surface area contributed by atoms with Gasteiger partial charge in [0, 0.05) is 21.6 Å². The van der Waals surface area contributed by atoms with Gasteiger partial charge in [0.15, 0.2) is 0 Å². The van der Waals surface area contributed by atoms with E-state index in [1.54, 1.807) is 23.0 Å². The maximum absolute atomic E-state index is 13.4. The van der Waals surface area contributed by atoms with E-state index in [4.69, 9.17) is 0 Å². The van der Waals surface area contributed by atoms with Crippen LogP contribution < -0.4 is 0 Å². The standard InChI is InChI=1S/C17H8FN7S/c18-13-1-2-15(10(3-13)5-19)26-16-4-11(14-8-21-24-23-14)9-25-17(16)12(6-20)7-22-25/h1-4,7-9H,(H,21,23,24). The van der Waals surface area contributed by atoms with Crippen LogP contribution in [0.25, 0.3) is 16.8 Å². The molecular formula is C17H8FN7S. The van der Waals surface area contributed by atoms with E-state index in [1.807, 2.05) is 12.1 Å². The van der Waals surface area contributed by atoms with E-state index < -0.39 is 5.82 Å². The lowest BCUT2D eigenvalue weighted by molar-refractivity contribution is 0.626. The molecule has 0 unspecified atom stereocenters. The minimum Gasteiger partial charge on any atom is -0.238 e. The zero-order valence-electron chi connectivity index (χ0n) is 13.0. The molecule has 0 bridgehead atoms. The van der Waals surface area contributed by atoms with E-state index in [0.29, 0.717) is 26.6 Å². The fraction of sp³-hybridized carbons (Fsp3) is 0. The Balaban J connectivity index is 1.92. The summed E-state index contributed by atoms with van der Waals surface area (Å²) in [5.41, 5.74) is 2.58. The Morgan fingerprint density at radius 1 is 1.08 bits per heavy atom. The number of hydrogen-bond acceptors (Lipinski definition) is 6. The van der Waals surface area contributed by atoms with Crippen molar-refractivity contribution in [2.75, 3.05) is 0 Å².